The Balaban J connectivity index is 1.89. The molecule has 0 fully saturated rings. The number of nitrogens with zero attached hydrogens (tertiary/aromatic N) is 1. The minimum absolute atomic E-state index is 0.316. The number of halogens is 3. The Labute approximate surface area is 152 Å². The first-order valence-electron chi connectivity index (χ1n) is 7.94. The molecule has 0 bridgehead atoms. The predicted molar refractivity (Wildman–Crippen MR) is 89.7 cm³/mol. The van der Waals surface area contributed by atoms with Crippen molar-refractivity contribution in [1.82, 2.24) is 9.88 Å². The van der Waals surface area contributed by atoms with E-state index in [1.807, 2.05) is 30.3 Å². The van der Waals surface area contributed by atoms with Gasteiger partial charge in [-0.15, -0.1) is 0 Å². The van der Waals surface area contributed by atoms with Gasteiger partial charge in [0.15, 0.2) is 6.61 Å². The number of hydrogen-bond acceptors (Lipinski definition) is 4. The number of alkyl halides is 3. The Hall–Kier alpha value is -3.10. The molecule has 6 nitrogen and oxygen atoms in total. The Kier molecular flexibility index (Phi) is 6.38. The fourth-order valence-electron chi connectivity index (χ4n) is 2.26. The van der Waals surface area contributed by atoms with Crippen LogP contribution in [0.5, 0.6) is 0 Å². The van der Waals surface area contributed by atoms with Gasteiger partial charge in [-0.25, -0.2) is 0 Å². The highest BCUT2D eigenvalue weighted by molar-refractivity contribution is 5.80. The summed E-state index contributed by atoms with van der Waals surface area (Å²) in [5.41, 5.74) is -1.00. The van der Waals surface area contributed by atoms with Crippen molar-refractivity contribution in [3.63, 3.8) is 0 Å². The van der Waals surface area contributed by atoms with Crippen molar-refractivity contribution in [1.29, 1.82) is 0 Å². The highest BCUT2D eigenvalue weighted by Gasteiger charge is 2.31. The van der Waals surface area contributed by atoms with Crippen LogP contribution in [0.4, 0.5) is 13.2 Å². The number of rotatable bonds is 6. The van der Waals surface area contributed by atoms with E-state index in [-0.39, 0.29) is 6.04 Å². The van der Waals surface area contributed by atoms with Gasteiger partial charge < -0.3 is 14.6 Å². The number of amides is 1. The highest BCUT2D eigenvalue weighted by Crippen LogP contribution is 2.27. The van der Waals surface area contributed by atoms with E-state index in [4.69, 9.17) is 4.74 Å². The second-order valence-corrected chi connectivity index (χ2v) is 5.74. The molecule has 27 heavy (non-hydrogen) atoms. The second kappa shape index (κ2) is 8.52. The van der Waals surface area contributed by atoms with E-state index in [0.717, 1.165) is 5.56 Å². The van der Waals surface area contributed by atoms with E-state index >= 15 is 0 Å². The third-order valence-corrected chi connectivity index (χ3v) is 3.65. The summed E-state index contributed by atoms with van der Waals surface area (Å²) in [4.78, 5) is 35.2. The summed E-state index contributed by atoms with van der Waals surface area (Å²) in [5, 5.41) is 2.62. The number of aromatic nitrogens is 1. The van der Waals surface area contributed by atoms with Crippen LogP contribution in [0.1, 0.15) is 24.1 Å². The number of pyridine rings is 1. The van der Waals surface area contributed by atoms with Crippen LogP contribution in [0.3, 0.4) is 0 Å². The van der Waals surface area contributed by atoms with Gasteiger partial charge in [0.1, 0.15) is 6.54 Å². The first-order chi connectivity index (χ1) is 12.7. The Morgan fingerprint density at radius 3 is 2.44 bits per heavy atom. The number of hydrogen-bond donors (Lipinski definition) is 1. The van der Waals surface area contributed by atoms with Crippen LogP contribution in [0.2, 0.25) is 0 Å². The van der Waals surface area contributed by atoms with Crippen LogP contribution in [-0.2, 0) is 27.0 Å². The third kappa shape index (κ3) is 5.98. The van der Waals surface area contributed by atoms with Gasteiger partial charge >= 0.3 is 12.1 Å². The molecule has 1 aromatic carbocycles. The zero-order valence-electron chi connectivity index (χ0n) is 14.3. The van der Waals surface area contributed by atoms with Crippen molar-refractivity contribution in [2.24, 2.45) is 0 Å². The van der Waals surface area contributed by atoms with Crippen molar-refractivity contribution in [3.05, 3.63) is 70.1 Å². The van der Waals surface area contributed by atoms with Crippen molar-refractivity contribution < 1.29 is 27.5 Å². The van der Waals surface area contributed by atoms with Crippen molar-refractivity contribution in [3.8, 4) is 0 Å². The normalized spacial score (nSPS) is 12.3. The van der Waals surface area contributed by atoms with Crippen molar-refractivity contribution >= 4 is 11.9 Å². The Morgan fingerprint density at radius 2 is 1.81 bits per heavy atom. The molecule has 1 atom stereocenters. The summed E-state index contributed by atoms with van der Waals surface area (Å²) >= 11 is 0. The van der Waals surface area contributed by atoms with E-state index in [1.54, 1.807) is 6.92 Å². The molecule has 0 aliphatic carbocycles. The summed E-state index contributed by atoms with van der Waals surface area (Å²) in [5.74, 6) is -1.57. The molecule has 0 radical (unpaired) electrons. The maximum Gasteiger partial charge on any atom is 0.417 e. The molecule has 0 spiro atoms. The molecule has 0 aliphatic rings. The van der Waals surface area contributed by atoms with Gasteiger partial charge in [-0.3, -0.25) is 14.4 Å². The van der Waals surface area contributed by atoms with E-state index in [2.05, 4.69) is 5.32 Å². The maximum absolute atomic E-state index is 12.7. The summed E-state index contributed by atoms with van der Waals surface area (Å²) in [6.45, 7) is 0.408. The van der Waals surface area contributed by atoms with Gasteiger partial charge in [0.2, 0.25) is 0 Å². The second-order valence-electron chi connectivity index (χ2n) is 5.74. The maximum atomic E-state index is 12.7. The zero-order chi connectivity index (χ0) is 20.0. The fourth-order valence-corrected chi connectivity index (χ4v) is 2.26. The molecule has 2 rings (SSSR count). The summed E-state index contributed by atoms with van der Waals surface area (Å²) < 4.78 is 43.3. The predicted octanol–water partition coefficient (Wildman–Crippen LogP) is 2.29. The van der Waals surface area contributed by atoms with Crippen LogP contribution in [0, 0.1) is 0 Å². The van der Waals surface area contributed by atoms with Crippen LogP contribution >= 0.6 is 0 Å². The lowest BCUT2D eigenvalue weighted by Crippen LogP contribution is -2.32. The molecule has 0 saturated carbocycles. The first kappa shape index (κ1) is 20.2. The van der Waals surface area contributed by atoms with E-state index in [1.165, 1.54) is 0 Å². The topological polar surface area (TPSA) is 77.4 Å². The Morgan fingerprint density at radius 1 is 1.15 bits per heavy atom. The van der Waals surface area contributed by atoms with Crippen molar-refractivity contribution in [2.75, 3.05) is 6.61 Å². The lowest BCUT2D eigenvalue weighted by molar-refractivity contribution is -0.149. The number of ether oxygens (including phenoxy) is 1. The smallest absolute Gasteiger partial charge is 0.417 e. The summed E-state index contributed by atoms with van der Waals surface area (Å²) in [6.07, 6.45) is -4.12. The molecule has 1 N–H and O–H groups in total. The van der Waals surface area contributed by atoms with Gasteiger partial charge in [-0.1, -0.05) is 30.3 Å². The minimum atomic E-state index is -4.65. The number of nitrogens with one attached hydrogen (secondary N) is 1. The summed E-state index contributed by atoms with van der Waals surface area (Å²) in [6, 6.07) is 10.1. The average molecular weight is 382 g/mol. The molecule has 0 unspecified atom stereocenters. The molecular weight excluding hydrogens is 365 g/mol. The van der Waals surface area contributed by atoms with Crippen LogP contribution < -0.4 is 10.9 Å². The van der Waals surface area contributed by atoms with Crippen molar-refractivity contribution in [2.45, 2.75) is 25.7 Å². The van der Waals surface area contributed by atoms with Gasteiger partial charge in [0.25, 0.3) is 11.5 Å². The molecule has 0 aliphatic heterocycles. The monoisotopic (exact) mass is 382 g/mol. The highest BCUT2D eigenvalue weighted by atomic mass is 19.4. The van der Waals surface area contributed by atoms with Gasteiger partial charge in [0.05, 0.1) is 11.6 Å². The summed E-state index contributed by atoms with van der Waals surface area (Å²) in [7, 11) is 0. The van der Waals surface area contributed by atoms with E-state index < -0.39 is 42.3 Å². The number of carbonyl (C=O) groups excluding carboxylic acids is 2. The van der Waals surface area contributed by atoms with Crippen LogP contribution in [0.25, 0.3) is 0 Å². The lowest BCUT2D eigenvalue weighted by Gasteiger charge is -2.14. The molecule has 0 saturated heterocycles. The van der Waals surface area contributed by atoms with Gasteiger partial charge in [-0.2, -0.15) is 13.2 Å². The van der Waals surface area contributed by atoms with Gasteiger partial charge in [-0.05, 0) is 18.6 Å². The number of benzene rings is 1. The zero-order valence-corrected chi connectivity index (χ0v) is 14.3. The largest absolute Gasteiger partial charge is 0.454 e. The molecular formula is C18H17F3N2O4. The molecule has 1 aromatic heterocycles. The quantitative estimate of drug-likeness (QED) is 0.778. The van der Waals surface area contributed by atoms with Crippen LogP contribution in [-0.4, -0.2) is 23.1 Å². The molecule has 1 heterocycles. The third-order valence-electron chi connectivity index (χ3n) is 3.65. The fraction of sp³-hybridized carbons (Fsp3) is 0.278. The molecule has 144 valence electrons. The Bertz CT molecular complexity index is 863. The average Bonchev–Trinajstić information content (AvgIpc) is 2.61. The van der Waals surface area contributed by atoms with Crippen LogP contribution in [0.15, 0.2) is 53.5 Å². The first-order valence-corrected chi connectivity index (χ1v) is 7.94. The van der Waals surface area contributed by atoms with E-state index in [0.29, 0.717) is 22.9 Å². The SMILES string of the molecule is C[C@@H](NC(=O)COC(=O)Cn1cc(C(F)(F)F)ccc1=O)c1ccccc1. The van der Waals surface area contributed by atoms with Gasteiger partial charge in [0, 0.05) is 12.3 Å². The molecule has 1 amide bonds. The number of esters is 1. The minimum Gasteiger partial charge on any atom is -0.454 e. The number of carbonyl (C=O) groups is 2. The molecule has 9 heteroatoms. The lowest BCUT2D eigenvalue weighted by atomic mass is 10.1. The molecule has 2 aromatic rings. The standard InChI is InChI=1S/C18H17F3N2O4/c1-12(13-5-3-2-4-6-13)22-15(24)11-27-17(26)10-23-9-14(18(19,20)21)7-8-16(23)25/h2-9,12H,10-11H2,1H3,(H,22,24)/t12-/m1/s1. The van der Waals surface area contributed by atoms with E-state index in [9.17, 15) is 27.6 Å².